The van der Waals surface area contributed by atoms with Crippen molar-refractivity contribution in [3.8, 4) is 5.75 Å². The Bertz CT molecular complexity index is 679. The van der Waals surface area contributed by atoms with Crippen LogP contribution in [0.25, 0.3) is 0 Å². The molecule has 0 unspecified atom stereocenters. The quantitative estimate of drug-likeness (QED) is 0.777. The molecule has 7 nitrogen and oxygen atoms in total. The number of aromatic amines is 1. The van der Waals surface area contributed by atoms with E-state index in [9.17, 15) is 9.59 Å². The molecule has 0 aliphatic carbocycles. The number of carbonyl (C=O) groups excluding carboxylic acids is 1. The first-order valence-electron chi connectivity index (χ1n) is 6.25. The van der Waals surface area contributed by atoms with Crippen molar-refractivity contribution in [3.63, 3.8) is 0 Å². The second kappa shape index (κ2) is 6.08. The minimum atomic E-state index is -1.14. The average molecular weight is 289 g/mol. The van der Waals surface area contributed by atoms with Crippen LogP contribution in [0.15, 0.2) is 24.3 Å². The van der Waals surface area contributed by atoms with Gasteiger partial charge in [0, 0.05) is 6.07 Å². The number of ether oxygens (including phenoxy) is 1. The summed E-state index contributed by atoms with van der Waals surface area (Å²) in [6.45, 7) is 3.69. The van der Waals surface area contributed by atoms with Crippen LogP contribution in [0, 0.1) is 13.8 Å². The lowest BCUT2D eigenvalue weighted by Gasteiger charge is -2.10. The summed E-state index contributed by atoms with van der Waals surface area (Å²) in [7, 11) is 0. The zero-order chi connectivity index (χ0) is 15.4. The highest BCUT2D eigenvalue weighted by Crippen LogP contribution is 2.20. The molecule has 21 heavy (non-hydrogen) atoms. The number of aromatic carboxylic acids is 1. The molecule has 0 saturated heterocycles. The summed E-state index contributed by atoms with van der Waals surface area (Å²) in [6, 6.07) is 6.83. The standard InChI is InChI=1S/C14H15N3O4/c1-8-4-3-5-11(9(8)2)21-7-13(18)15-12-6-10(14(19)20)16-17-12/h3-6H,7H2,1-2H3,(H,19,20)(H2,15,16,17,18). The number of benzene rings is 1. The number of carbonyl (C=O) groups is 2. The van der Waals surface area contributed by atoms with Crippen molar-refractivity contribution >= 4 is 17.7 Å². The second-order valence-electron chi connectivity index (χ2n) is 4.51. The maximum Gasteiger partial charge on any atom is 0.353 e. The van der Waals surface area contributed by atoms with Gasteiger partial charge in [0.1, 0.15) is 11.4 Å². The molecule has 0 fully saturated rings. The molecular weight excluding hydrogens is 274 g/mol. The van der Waals surface area contributed by atoms with Gasteiger partial charge < -0.3 is 15.2 Å². The molecule has 0 spiro atoms. The van der Waals surface area contributed by atoms with E-state index in [1.807, 2.05) is 26.0 Å². The van der Waals surface area contributed by atoms with E-state index in [4.69, 9.17) is 9.84 Å². The zero-order valence-corrected chi connectivity index (χ0v) is 11.6. The smallest absolute Gasteiger partial charge is 0.353 e. The molecule has 1 aromatic heterocycles. The van der Waals surface area contributed by atoms with Crippen LogP contribution >= 0.6 is 0 Å². The topological polar surface area (TPSA) is 104 Å². The summed E-state index contributed by atoms with van der Waals surface area (Å²) < 4.78 is 5.44. The fourth-order valence-corrected chi connectivity index (χ4v) is 1.70. The maximum absolute atomic E-state index is 11.7. The molecule has 7 heteroatoms. The van der Waals surface area contributed by atoms with Gasteiger partial charge >= 0.3 is 5.97 Å². The lowest BCUT2D eigenvalue weighted by atomic mass is 10.1. The average Bonchev–Trinajstić information content (AvgIpc) is 2.89. The van der Waals surface area contributed by atoms with Gasteiger partial charge in [-0.1, -0.05) is 12.1 Å². The van der Waals surface area contributed by atoms with Gasteiger partial charge in [-0.05, 0) is 31.0 Å². The Morgan fingerprint density at radius 1 is 1.38 bits per heavy atom. The van der Waals surface area contributed by atoms with Crippen molar-refractivity contribution in [2.75, 3.05) is 11.9 Å². The predicted octanol–water partition coefficient (Wildman–Crippen LogP) is 1.74. The first-order chi connectivity index (χ1) is 9.97. The summed E-state index contributed by atoms with van der Waals surface area (Å²) in [5.41, 5.74) is 1.95. The van der Waals surface area contributed by atoms with Crippen LogP contribution in [-0.4, -0.2) is 33.8 Å². The number of amides is 1. The highest BCUT2D eigenvalue weighted by atomic mass is 16.5. The van der Waals surface area contributed by atoms with Crippen molar-refractivity contribution in [2.45, 2.75) is 13.8 Å². The van der Waals surface area contributed by atoms with Gasteiger partial charge in [0.15, 0.2) is 12.4 Å². The van der Waals surface area contributed by atoms with Gasteiger partial charge in [0.2, 0.25) is 0 Å². The van der Waals surface area contributed by atoms with E-state index in [2.05, 4.69) is 15.5 Å². The Labute approximate surface area is 120 Å². The molecule has 2 rings (SSSR count). The van der Waals surface area contributed by atoms with E-state index >= 15 is 0 Å². The molecule has 0 aliphatic heterocycles. The third kappa shape index (κ3) is 3.59. The monoisotopic (exact) mass is 289 g/mol. The van der Waals surface area contributed by atoms with Gasteiger partial charge in [-0.15, -0.1) is 0 Å². The molecule has 0 saturated carbocycles. The fraction of sp³-hybridized carbons (Fsp3) is 0.214. The highest BCUT2D eigenvalue weighted by Gasteiger charge is 2.11. The van der Waals surface area contributed by atoms with Crippen molar-refractivity contribution in [1.29, 1.82) is 0 Å². The van der Waals surface area contributed by atoms with Crippen molar-refractivity contribution in [1.82, 2.24) is 10.2 Å². The van der Waals surface area contributed by atoms with E-state index in [1.165, 1.54) is 6.07 Å². The van der Waals surface area contributed by atoms with Crippen LogP contribution in [0.5, 0.6) is 5.75 Å². The molecular formula is C14H15N3O4. The first kappa shape index (κ1) is 14.6. The number of rotatable bonds is 5. The predicted molar refractivity (Wildman–Crippen MR) is 75.6 cm³/mol. The van der Waals surface area contributed by atoms with Crippen molar-refractivity contribution in [2.24, 2.45) is 0 Å². The number of nitrogens with zero attached hydrogens (tertiary/aromatic N) is 1. The van der Waals surface area contributed by atoms with Crippen LogP contribution in [0.1, 0.15) is 21.6 Å². The lowest BCUT2D eigenvalue weighted by Crippen LogP contribution is -2.20. The fourth-order valence-electron chi connectivity index (χ4n) is 1.70. The van der Waals surface area contributed by atoms with E-state index in [0.717, 1.165) is 11.1 Å². The summed E-state index contributed by atoms with van der Waals surface area (Å²) in [5, 5.41) is 17.2. The minimum absolute atomic E-state index is 0.0965. The Balaban J connectivity index is 1.92. The number of hydrogen-bond acceptors (Lipinski definition) is 4. The van der Waals surface area contributed by atoms with Gasteiger partial charge in [-0.2, -0.15) is 5.10 Å². The van der Waals surface area contributed by atoms with Crippen LogP contribution in [0.4, 0.5) is 5.82 Å². The molecule has 1 amide bonds. The second-order valence-corrected chi connectivity index (χ2v) is 4.51. The zero-order valence-electron chi connectivity index (χ0n) is 11.6. The lowest BCUT2D eigenvalue weighted by molar-refractivity contribution is -0.118. The van der Waals surface area contributed by atoms with E-state index in [1.54, 1.807) is 6.07 Å². The number of carboxylic acids is 1. The third-order valence-corrected chi connectivity index (χ3v) is 2.99. The number of aromatic nitrogens is 2. The van der Waals surface area contributed by atoms with Crippen molar-refractivity contribution < 1.29 is 19.4 Å². The molecule has 1 heterocycles. The maximum atomic E-state index is 11.7. The Morgan fingerprint density at radius 2 is 2.14 bits per heavy atom. The van der Waals surface area contributed by atoms with Gasteiger partial charge in [-0.25, -0.2) is 4.79 Å². The van der Waals surface area contributed by atoms with Crippen LogP contribution in [0.3, 0.4) is 0 Å². The number of carboxylic acid groups (broad SMARTS) is 1. The minimum Gasteiger partial charge on any atom is -0.483 e. The number of aryl methyl sites for hydroxylation is 1. The molecule has 3 N–H and O–H groups in total. The molecule has 0 atom stereocenters. The highest BCUT2D eigenvalue weighted by molar-refractivity contribution is 5.93. The molecule has 0 radical (unpaired) electrons. The number of anilines is 1. The van der Waals surface area contributed by atoms with Crippen LogP contribution < -0.4 is 10.1 Å². The molecule has 2 aromatic rings. The van der Waals surface area contributed by atoms with E-state index < -0.39 is 11.9 Å². The van der Waals surface area contributed by atoms with Crippen LogP contribution in [-0.2, 0) is 4.79 Å². The summed E-state index contributed by atoms with van der Waals surface area (Å²) in [5.74, 6) is -0.783. The number of nitrogens with one attached hydrogen (secondary N) is 2. The molecule has 1 aromatic carbocycles. The SMILES string of the molecule is Cc1cccc(OCC(=O)Nc2cc(C(=O)O)[nH]n2)c1C. The summed E-state index contributed by atoms with van der Waals surface area (Å²) in [6.07, 6.45) is 0. The van der Waals surface area contributed by atoms with E-state index in [0.29, 0.717) is 5.75 Å². The van der Waals surface area contributed by atoms with Gasteiger partial charge in [-0.3, -0.25) is 9.89 Å². The molecule has 110 valence electrons. The summed E-state index contributed by atoms with van der Waals surface area (Å²) in [4.78, 5) is 22.4. The Kier molecular flexibility index (Phi) is 4.22. The molecule has 0 bridgehead atoms. The first-order valence-corrected chi connectivity index (χ1v) is 6.25. The normalized spacial score (nSPS) is 10.2. The largest absolute Gasteiger partial charge is 0.483 e. The molecule has 0 aliphatic rings. The third-order valence-electron chi connectivity index (χ3n) is 2.99. The van der Waals surface area contributed by atoms with Crippen molar-refractivity contribution in [3.05, 3.63) is 41.1 Å². The summed E-state index contributed by atoms with van der Waals surface area (Å²) >= 11 is 0. The van der Waals surface area contributed by atoms with Gasteiger partial charge in [0.25, 0.3) is 5.91 Å². The number of hydrogen-bond donors (Lipinski definition) is 3. The van der Waals surface area contributed by atoms with Crippen LogP contribution in [0.2, 0.25) is 0 Å². The van der Waals surface area contributed by atoms with E-state index in [-0.39, 0.29) is 18.1 Å². The Morgan fingerprint density at radius 3 is 2.81 bits per heavy atom. The number of H-pyrrole nitrogens is 1. The van der Waals surface area contributed by atoms with Gasteiger partial charge in [0.05, 0.1) is 0 Å². The Hall–Kier alpha value is -2.83.